The molecule has 0 aliphatic heterocycles. The molecule has 0 saturated carbocycles. The first-order chi connectivity index (χ1) is 11.2. The second-order valence-electron chi connectivity index (χ2n) is 4.79. The Morgan fingerprint density at radius 2 is 2.22 bits per heavy atom. The van der Waals surface area contributed by atoms with E-state index in [1.54, 1.807) is 0 Å². The molecule has 7 nitrogen and oxygen atoms in total. The molecule has 3 aromatic heterocycles. The number of nitrogens with zero attached hydrogens (tertiary/aromatic N) is 4. The summed E-state index contributed by atoms with van der Waals surface area (Å²) in [5.74, 6) is 0.594. The molecule has 0 unspecified atom stereocenters. The number of hydrogen-bond donors (Lipinski definition) is 1. The minimum atomic E-state index is -0.208. The highest BCUT2D eigenvalue weighted by molar-refractivity contribution is 8.00. The lowest BCUT2D eigenvalue weighted by Crippen LogP contribution is -2.13. The Morgan fingerprint density at radius 3 is 3.00 bits per heavy atom. The average molecular weight is 345 g/mol. The number of aryl methyl sites for hydroxylation is 1. The van der Waals surface area contributed by atoms with Gasteiger partial charge >= 0.3 is 6.01 Å². The Balaban J connectivity index is 1.60. The Labute approximate surface area is 138 Å². The zero-order valence-electron chi connectivity index (χ0n) is 12.0. The van der Waals surface area contributed by atoms with Gasteiger partial charge in [0.25, 0.3) is 5.56 Å². The first-order valence-electron chi connectivity index (χ1n) is 6.79. The molecule has 3 heterocycles. The maximum Gasteiger partial charge on any atom is 0.325 e. The number of fused-ring (bicyclic) bond motifs is 1. The number of thioether (sulfide) groups is 1. The number of aromatic nitrogens is 5. The van der Waals surface area contributed by atoms with Crippen LogP contribution in [0.25, 0.3) is 17.1 Å². The summed E-state index contributed by atoms with van der Waals surface area (Å²) in [5.41, 5.74) is 1.92. The predicted octanol–water partition coefficient (Wildman–Crippen LogP) is 2.76. The van der Waals surface area contributed by atoms with E-state index < -0.39 is 0 Å². The number of aromatic amines is 1. The van der Waals surface area contributed by atoms with Crippen LogP contribution < -0.4 is 5.56 Å². The van der Waals surface area contributed by atoms with E-state index in [0.717, 1.165) is 15.0 Å². The second kappa shape index (κ2) is 5.67. The molecule has 1 N–H and O–H groups in total. The van der Waals surface area contributed by atoms with Crippen LogP contribution in [0.4, 0.5) is 0 Å². The average Bonchev–Trinajstić information content (AvgIpc) is 3.23. The molecule has 0 atom stereocenters. The van der Waals surface area contributed by atoms with Gasteiger partial charge in [-0.25, -0.2) is 0 Å². The summed E-state index contributed by atoms with van der Waals surface area (Å²) in [5, 5.41) is 12.0. The van der Waals surface area contributed by atoms with Crippen molar-refractivity contribution in [2.75, 3.05) is 0 Å². The third kappa shape index (κ3) is 2.80. The molecule has 0 saturated heterocycles. The van der Waals surface area contributed by atoms with Gasteiger partial charge in [-0.2, -0.15) is 9.67 Å². The highest BCUT2D eigenvalue weighted by Gasteiger charge is 2.12. The molecule has 4 aromatic rings. The Morgan fingerprint density at radius 1 is 1.35 bits per heavy atom. The predicted molar refractivity (Wildman–Crippen MR) is 88.2 cm³/mol. The van der Waals surface area contributed by atoms with Crippen molar-refractivity contribution in [2.45, 2.75) is 17.0 Å². The molecular weight excluding hydrogens is 334 g/mol. The van der Waals surface area contributed by atoms with Crippen LogP contribution in [-0.4, -0.2) is 25.0 Å². The first kappa shape index (κ1) is 14.2. The lowest BCUT2D eigenvalue weighted by molar-refractivity contribution is 0.536. The molecule has 23 heavy (non-hydrogen) atoms. The molecule has 0 bridgehead atoms. The summed E-state index contributed by atoms with van der Waals surface area (Å²) in [6.07, 6.45) is 0. The fraction of sp³-hybridized carbons (Fsp3) is 0.143. The third-order valence-corrected chi connectivity index (χ3v) is 5.13. The van der Waals surface area contributed by atoms with Crippen LogP contribution in [0.2, 0.25) is 0 Å². The van der Waals surface area contributed by atoms with Crippen molar-refractivity contribution < 1.29 is 4.42 Å². The van der Waals surface area contributed by atoms with Crippen molar-refractivity contribution in [2.24, 2.45) is 0 Å². The molecule has 0 radical (unpaired) electrons. The van der Waals surface area contributed by atoms with E-state index in [-0.39, 0.29) is 11.6 Å². The highest BCUT2D eigenvalue weighted by Crippen LogP contribution is 2.25. The van der Waals surface area contributed by atoms with Crippen LogP contribution in [0.5, 0.6) is 0 Å². The standard InChI is InChI=1S/C14H11N5O2S2/c1-8-16-17-14(23-8)22-7-9-6-12(20)19(18-9)13-15-10-4-2-3-5-11(10)21-13/h2-6,18H,7H2,1H3. The van der Waals surface area contributed by atoms with Gasteiger partial charge in [-0.05, 0) is 19.1 Å². The van der Waals surface area contributed by atoms with Gasteiger partial charge in [0.2, 0.25) is 0 Å². The van der Waals surface area contributed by atoms with Crippen LogP contribution in [0.1, 0.15) is 10.7 Å². The van der Waals surface area contributed by atoms with Crippen LogP contribution in [0.15, 0.2) is 43.9 Å². The normalized spacial score (nSPS) is 11.3. The van der Waals surface area contributed by atoms with Crippen LogP contribution in [0.3, 0.4) is 0 Å². The molecule has 1 aromatic carbocycles. The SMILES string of the molecule is Cc1nnc(SCc2cc(=O)n(-c3nc4ccccc4o3)[nH]2)s1. The van der Waals surface area contributed by atoms with E-state index in [9.17, 15) is 4.79 Å². The minimum absolute atomic E-state index is 0.208. The Hall–Kier alpha value is -2.39. The molecule has 9 heteroatoms. The van der Waals surface area contributed by atoms with Crippen molar-refractivity contribution in [3.8, 4) is 6.01 Å². The van der Waals surface area contributed by atoms with Crippen LogP contribution in [0, 0.1) is 6.92 Å². The van der Waals surface area contributed by atoms with Crippen LogP contribution >= 0.6 is 23.1 Å². The summed E-state index contributed by atoms with van der Waals surface area (Å²) >= 11 is 3.06. The zero-order valence-corrected chi connectivity index (χ0v) is 13.6. The van der Waals surface area contributed by atoms with E-state index in [1.807, 2.05) is 31.2 Å². The molecule has 0 fully saturated rings. The van der Waals surface area contributed by atoms with Crippen molar-refractivity contribution in [1.82, 2.24) is 25.0 Å². The smallest absolute Gasteiger partial charge is 0.325 e. The van der Waals surface area contributed by atoms with Gasteiger partial charge < -0.3 is 4.42 Å². The third-order valence-electron chi connectivity index (χ3n) is 3.11. The maximum absolute atomic E-state index is 12.1. The van der Waals surface area contributed by atoms with Gasteiger partial charge in [0.1, 0.15) is 10.5 Å². The number of H-pyrrole nitrogens is 1. The highest BCUT2D eigenvalue weighted by atomic mass is 32.2. The second-order valence-corrected chi connectivity index (χ2v) is 7.20. The molecular formula is C14H11N5O2S2. The monoisotopic (exact) mass is 345 g/mol. The number of rotatable bonds is 4. The number of nitrogens with one attached hydrogen (secondary N) is 1. The summed E-state index contributed by atoms with van der Waals surface area (Å²) < 4.78 is 7.79. The molecule has 0 amide bonds. The largest absolute Gasteiger partial charge is 0.422 e. The molecule has 116 valence electrons. The van der Waals surface area contributed by atoms with Gasteiger partial charge in [0.15, 0.2) is 9.92 Å². The number of para-hydroxylation sites is 2. The Bertz CT molecular complexity index is 996. The first-order valence-corrected chi connectivity index (χ1v) is 8.59. The van der Waals surface area contributed by atoms with E-state index in [1.165, 1.54) is 33.8 Å². The zero-order chi connectivity index (χ0) is 15.8. The van der Waals surface area contributed by atoms with Crippen molar-refractivity contribution in [3.05, 3.63) is 51.4 Å². The van der Waals surface area contributed by atoms with Gasteiger partial charge in [-0.15, -0.1) is 10.2 Å². The van der Waals surface area contributed by atoms with E-state index >= 15 is 0 Å². The Kier molecular flexibility index (Phi) is 3.50. The fourth-order valence-electron chi connectivity index (χ4n) is 2.09. The molecule has 4 rings (SSSR count). The summed E-state index contributed by atoms with van der Waals surface area (Å²) in [6.45, 7) is 1.91. The van der Waals surface area contributed by atoms with Gasteiger partial charge in [0, 0.05) is 17.5 Å². The lowest BCUT2D eigenvalue weighted by Gasteiger charge is -1.95. The van der Waals surface area contributed by atoms with Gasteiger partial charge in [-0.3, -0.25) is 9.89 Å². The van der Waals surface area contributed by atoms with E-state index in [2.05, 4.69) is 20.3 Å². The topological polar surface area (TPSA) is 89.6 Å². The number of benzene rings is 1. The fourth-order valence-corrected chi connectivity index (χ4v) is 3.81. The van der Waals surface area contributed by atoms with Gasteiger partial charge in [0.05, 0.1) is 0 Å². The van der Waals surface area contributed by atoms with E-state index in [0.29, 0.717) is 16.9 Å². The molecule has 0 spiro atoms. The van der Waals surface area contributed by atoms with Gasteiger partial charge in [-0.1, -0.05) is 35.2 Å². The molecule has 0 aliphatic carbocycles. The number of hydrogen-bond acceptors (Lipinski definition) is 7. The van der Waals surface area contributed by atoms with E-state index in [4.69, 9.17) is 4.42 Å². The van der Waals surface area contributed by atoms with Crippen molar-refractivity contribution in [3.63, 3.8) is 0 Å². The quantitative estimate of drug-likeness (QED) is 0.572. The minimum Gasteiger partial charge on any atom is -0.422 e. The summed E-state index contributed by atoms with van der Waals surface area (Å²) in [7, 11) is 0. The lowest BCUT2D eigenvalue weighted by atomic mass is 10.3. The summed E-state index contributed by atoms with van der Waals surface area (Å²) in [6, 6.07) is 9.16. The molecule has 0 aliphatic rings. The maximum atomic E-state index is 12.1. The van der Waals surface area contributed by atoms with Crippen molar-refractivity contribution in [1.29, 1.82) is 0 Å². The van der Waals surface area contributed by atoms with Crippen molar-refractivity contribution >= 4 is 34.2 Å². The number of oxazole rings is 1. The summed E-state index contributed by atoms with van der Waals surface area (Å²) in [4.78, 5) is 16.4. The van der Waals surface area contributed by atoms with Crippen LogP contribution in [-0.2, 0) is 5.75 Å².